The smallest absolute Gasteiger partial charge is 0.310 e. The number of nitrogens with one attached hydrogen (secondary N) is 1. The minimum atomic E-state index is -0.886. The summed E-state index contributed by atoms with van der Waals surface area (Å²) in [5.74, 6) is 61.6. The first-order chi connectivity index (χ1) is 30.7. The lowest BCUT2D eigenvalue weighted by atomic mass is 9.80. The van der Waals surface area contributed by atoms with Crippen LogP contribution in [0.3, 0.4) is 0 Å². The molecule has 10 heteroatoms. The Kier molecular flexibility index (Phi) is 35.1. The molecule has 0 aliphatic carbocycles. The third-order valence-corrected chi connectivity index (χ3v) is 7.48. The summed E-state index contributed by atoms with van der Waals surface area (Å²) in [5.41, 5.74) is 3.26. The van der Waals surface area contributed by atoms with Crippen LogP contribution in [0.25, 0.3) is 0 Å². The highest BCUT2D eigenvalue weighted by atomic mass is 17.3. The summed E-state index contributed by atoms with van der Waals surface area (Å²) < 4.78 is 0. The second-order valence-electron chi connectivity index (χ2n) is 12.9. The normalized spacial score (nSPS) is 9.75. The molecule has 0 heterocycles. The van der Waals surface area contributed by atoms with Crippen molar-refractivity contribution in [2.45, 2.75) is 65.9 Å². The number of nitrogens with zero attached hydrogens (tertiary/aromatic N) is 1. The first kappa shape index (κ1) is 57.8. The van der Waals surface area contributed by atoms with Crippen molar-refractivity contribution in [2.75, 3.05) is 20.6 Å². The molecular weight excluding hydrogens is 805 g/mol. The van der Waals surface area contributed by atoms with Crippen molar-refractivity contribution >= 4 is 5.97 Å². The minimum absolute atomic E-state index is 0. The lowest BCUT2D eigenvalue weighted by Crippen LogP contribution is -2.38. The molecule has 0 radical (unpaired) electrons. The van der Waals surface area contributed by atoms with Gasteiger partial charge in [-0.05, 0) is 176 Å². The molecule has 0 unspecified atom stereocenters. The standard InChI is InChI=1S/C27H4.C14H23NO2.C13H18O2.H3NO4.18H2/c1-3-5-7-9-11-13-15-17-19-21-23-25-27-26-24-22-20-18-16-14-12-10-8-6-4-2;1-5-14(17,11(2)10-15(3)4)12-7-6-8-13(16)9-12;1-9(2)8-11-4-6-12(7-5-11)10(3)13(14)15;2-4-1-5-3;;;;;;;;;;;;;;;;;;/h1H,2H3;6-9,11,16-17H,5,10H2,1-4H3;4-7,9-10H,8H2,1-3H3,(H,14,15);1-3H;18*1H/t;11-,14-;10-;;;;;;;;;;;;;;;;;;;/m.11.................../s1. The van der Waals surface area contributed by atoms with Crippen molar-refractivity contribution < 1.29 is 66.3 Å². The van der Waals surface area contributed by atoms with E-state index in [4.69, 9.17) is 22.0 Å². The van der Waals surface area contributed by atoms with Crippen molar-refractivity contribution in [3.8, 4) is 160 Å². The van der Waals surface area contributed by atoms with Crippen LogP contribution >= 0.6 is 0 Å². The van der Waals surface area contributed by atoms with E-state index >= 15 is 0 Å². The van der Waals surface area contributed by atoms with Crippen LogP contribution in [0.2, 0.25) is 0 Å². The van der Waals surface area contributed by atoms with Gasteiger partial charge in [0.05, 0.1) is 11.5 Å². The number of aromatic hydroxyl groups is 1. The van der Waals surface area contributed by atoms with Gasteiger partial charge in [-0.1, -0.05) is 70.0 Å². The molecule has 358 valence electrons. The van der Waals surface area contributed by atoms with Crippen molar-refractivity contribution in [3.05, 3.63) is 65.2 Å². The van der Waals surface area contributed by atoms with Gasteiger partial charge in [0.2, 0.25) is 0 Å². The summed E-state index contributed by atoms with van der Waals surface area (Å²) in [4.78, 5) is 18.8. The molecule has 0 spiro atoms. The third kappa shape index (κ3) is 31.6. The number of hydrogen-bond donors (Lipinski definition) is 6. The number of phenolic OH excluding ortho intramolecular Hbond substituents is 1. The molecule has 0 aliphatic rings. The SMILES string of the molecule is C#CC#CC#CC#CC#CC#CC#CC#CC#CC#CC#CC#CC#CC.CC(C)Cc1ccc([C@@H](C)C(=O)O)cc1.CC[C@](O)(c1cccc(O)c1)[C@H](C)CN(C)C.OONOO.[HH].[HH].[HH].[HH].[HH].[HH].[HH].[HH].[HH].[HH].[HH].[HH].[HH].[HH].[HH].[HH].[HH].[HH]. The second-order valence-corrected chi connectivity index (χ2v) is 12.9. The van der Waals surface area contributed by atoms with Gasteiger partial charge in [0, 0.05) is 85.5 Å². The Hall–Kier alpha value is -8.29. The fourth-order valence-corrected chi connectivity index (χ4v) is 4.64. The first-order valence-corrected chi connectivity index (χ1v) is 18.9. The van der Waals surface area contributed by atoms with Crippen LogP contribution in [0.4, 0.5) is 0 Å². The minimum Gasteiger partial charge on any atom is -0.508 e. The monoisotopic (exact) mass is 889 g/mol. The number of carboxylic acids is 1. The Balaban J connectivity index is -0.0000000348. The van der Waals surface area contributed by atoms with E-state index in [2.05, 4.69) is 177 Å². The maximum absolute atomic E-state index is 10.8. The van der Waals surface area contributed by atoms with E-state index < -0.39 is 17.5 Å². The Morgan fingerprint density at radius 1 is 0.719 bits per heavy atom. The lowest BCUT2D eigenvalue weighted by Gasteiger charge is -2.35. The highest BCUT2D eigenvalue weighted by Gasteiger charge is 2.34. The van der Waals surface area contributed by atoms with Crippen LogP contribution in [-0.4, -0.2) is 57.3 Å². The summed E-state index contributed by atoms with van der Waals surface area (Å²) >= 11 is 0. The molecule has 0 amide bonds. The zero-order valence-corrected chi connectivity index (χ0v) is 37.0. The summed E-state index contributed by atoms with van der Waals surface area (Å²) in [6.45, 7) is 12.6. The lowest BCUT2D eigenvalue weighted by molar-refractivity contribution is -0.456. The van der Waals surface area contributed by atoms with Gasteiger partial charge in [0.1, 0.15) is 5.75 Å². The maximum Gasteiger partial charge on any atom is 0.310 e. The number of phenols is 1. The second kappa shape index (κ2) is 38.9. The van der Waals surface area contributed by atoms with Gasteiger partial charge in [-0.2, -0.15) is 0 Å². The topological polar surface area (TPSA) is 152 Å². The molecule has 6 N–H and O–H groups in total. The molecule has 0 aromatic heterocycles. The van der Waals surface area contributed by atoms with Gasteiger partial charge in [-0.3, -0.25) is 4.79 Å². The van der Waals surface area contributed by atoms with Crippen LogP contribution < -0.4 is 5.64 Å². The molecule has 64 heavy (non-hydrogen) atoms. The van der Waals surface area contributed by atoms with Crippen LogP contribution in [-0.2, 0) is 26.8 Å². The van der Waals surface area contributed by atoms with E-state index in [0.29, 0.717) is 12.3 Å². The average molecular weight is 889 g/mol. The molecule has 0 fully saturated rings. The number of terminal acetylenes is 1. The van der Waals surface area contributed by atoms with Gasteiger partial charge in [-0.25, -0.2) is 10.5 Å². The number of aliphatic carboxylic acids is 1. The molecular formula is C54H84N2O8. The van der Waals surface area contributed by atoms with Gasteiger partial charge < -0.3 is 20.2 Å². The van der Waals surface area contributed by atoms with Crippen LogP contribution in [0.15, 0.2) is 48.5 Å². The van der Waals surface area contributed by atoms with Gasteiger partial charge in [0.25, 0.3) is 0 Å². The van der Waals surface area contributed by atoms with E-state index in [0.717, 1.165) is 24.1 Å². The molecule has 0 saturated carbocycles. The number of carbonyl (C=O) groups is 1. The summed E-state index contributed by atoms with van der Waals surface area (Å²) in [6.07, 6.45) is 6.59. The molecule has 2 aromatic carbocycles. The number of rotatable bonds is 11. The van der Waals surface area contributed by atoms with E-state index in [1.54, 1.807) is 32.0 Å². The number of aliphatic hydroxyl groups is 1. The van der Waals surface area contributed by atoms with Crippen LogP contribution in [0, 0.1) is 166 Å². The summed E-state index contributed by atoms with van der Waals surface area (Å²) in [5, 5.41) is 43.5. The highest BCUT2D eigenvalue weighted by molar-refractivity contribution is 5.75. The zero-order chi connectivity index (χ0) is 48.3. The highest BCUT2D eigenvalue weighted by Crippen LogP contribution is 2.34. The van der Waals surface area contributed by atoms with Gasteiger partial charge >= 0.3 is 5.97 Å². The molecule has 2 aromatic rings. The van der Waals surface area contributed by atoms with Crippen molar-refractivity contribution in [3.63, 3.8) is 0 Å². The molecule has 2 rings (SSSR count). The number of carboxylic acid groups (broad SMARTS) is 1. The van der Waals surface area contributed by atoms with Crippen molar-refractivity contribution in [1.29, 1.82) is 0 Å². The largest absolute Gasteiger partial charge is 0.508 e. The Bertz CT molecular complexity index is 2700. The van der Waals surface area contributed by atoms with Crippen LogP contribution in [0.1, 0.15) is 96.3 Å². The fraction of sp³-hybridized carbons (Fsp3) is 0.278. The molecule has 0 aliphatic heterocycles. The van der Waals surface area contributed by atoms with Gasteiger partial charge in [-0.15, -0.1) is 16.4 Å². The number of benzene rings is 2. The van der Waals surface area contributed by atoms with E-state index in [-0.39, 0.29) is 37.3 Å². The molecule has 0 bridgehead atoms. The summed E-state index contributed by atoms with van der Waals surface area (Å²) in [6, 6.07) is 14.8. The van der Waals surface area contributed by atoms with Gasteiger partial charge in [0.15, 0.2) is 0 Å². The number of hydrogen-bond acceptors (Lipinski definition) is 9. The van der Waals surface area contributed by atoms with Crippen molar-refractivity contribution in [2.24, 2.45) is 11.8 Å². The molecule has 10 nitrogen and oxygen atoms in total. The first-order valence-electron chi connectivity index (χ1n) is 18.9. The molecule has 0 saturated heterocycles. The third-order valence-electron chi connectivity index (χ3n) is 7.48. The zero-order valence-electron chi connectivity index (χ0n) is 37.0. The average Bonchev–Trinajstić information content (AvgIpc) is 3.27. The van der Waals surface area contributed by atoms with E-state index in [1.807, 2.05) is 58.3 Å². The predicted molar refractivity (Wildman–Crippen MR) is 287 cm³/mol. The summed E-state index contributed by atoms with van der Waals surface area (Å²) in [7, 11) is 3.99. The quantitative estimate of drug-likeness (QED) is 0.0731. The van der Waals surface area contributed by atoms with E-state index in [1.165, 1.54) is 11.2 Å². The van der Waals surface area contributed by atoms with Crippen LogP contribution in [0.5, 0.6) is 5.75 Å². The molecule has 3 atom stereocenters. The predicted octanol–water partition coefficient (Wildman–Crippen LogP) is 9.75. The van der Waals surface area contributed by atoms with Crippen molar-refractivity contribution in [1.82, 2.24) is 10.5 Å². The maximum atomic E-state index is 10.8. The Morgan fingerprint density at radius 3 is 1.42 bits per heavy atom. The van der Waals surface area contributed by atoms with E-state index in [9.17, 15) is 15.0 Å². The Morgan fingerprint density at radius 2 is 1.12 bits per heavy atom. The Labute approximate surface area is 406 Å². The fourth-order valence-electron chi connectivity index (χ4n) is 4.64.